The fourth-order valence-corrected chi connectivity index (χ4v) is 1.46. The maximum Gasteiger partial charge on any atom is 0.232 e. The van der Waals surface area contributed by atoms with Crippen molar-refractivity contribution >= 4 is 15.7 Å². The van der Waals surface area contributed by atoms with E-state index in [1.807, 2.05) is 4.72 Å². The molecule has 3 nitrogen and oxygen atoms in total. The van der Waals surface area contributed by atoms with E-state index in [4.69, 9.17) is 0 Å². The van der Waals surface area contributed by atoms with Crippen molar-refractivity contribution in [1.29, 1.82) is 0 Å². The molecule has 78 valence electrons. The number of sulfonamides is 1. The molecule has 0 aliphatic heterocycles. The van der Waals surface area contributed by atoms with Crippen molar-refractivity contribution in [2.75, 3.05) is 10.5 Å². The van der Waals surface area contributed by atoms with Crippen LogP contribution in [0.1, 0.15) is 6.92 Å². The van der Waals surface area contributed by atoms with Gasteiger partial charge in [0.05, 0.1) is 11.4 Å². The highest BCUT2D eigenvalue weighted by Gasteiger charge is 2.10. The van der Waals surface area contributed by atoms with Gasteiger partial charge in [0, 0.05) is 6.07 Å². The minimum atomic E-state index is -3.52. The molecular formula is C8H9F2NO2S. The van der Waals surface area contributed by atoms with Gasteiger partial charge in [-0.2, -0.15) is 0 Å². The summed E-state index contributed by atoms with van der Waals surface area (Å²) in [6.07, 6.45) is 0. The van der Waals surface area contributed by atoms with Gasteiger partial charge in [0.2, 0.25) is 10.0 Å². The molecule has 0 fully saturated rings. The number of anilines is 1. The van der Waals surface area contributed by atoms with E-state index in [0.29, 0.717) is 6.07 Å². The summed E-state index contributed by atoms with van der Waals surface area (Å²) in [5.74, 6) is -1.84. The molecule has 0 atom stereocenters. The van der Waals surface area contributed by atoms with Crippen molar-refractivity contribution in [2.24, 2.45) is 0 Å². The van der Waals surface area contributed by atoms with Gasteiger partial charge in [0.1, 0.15) is 11.6 Å². The average molecular weight is 221 g/mol. The van der Waals surface area contributed by atoms with Crippen molar-refractivity contribution in [1.82, 2.24) is 0 Å². The molecule has 1 aromatic carbocycles. The van der Waals surface area contributed by atoms with Crippen LogP contribution in [0.4, 0.5) is 14.5 Å². The Morgan fingerprint density at radius 3 is 2.50 bits per heavy atom. The zero-order valence-electron chi connectivity index (χ0n) is 7.42. The van der Waals surface area contributed by atoms with E-state index in [-0.39, 0.29) is 11.4 Å². The lowest BCUT2D eigenvalue weighted by Gasteiger charge is -2.06. The first-order valence-electron chi connectivity index (χ1n) is 3.90. The van der Waals surface area contributed by atoms with E-state index < -0.39 is 21.7 Å². The average Bonchev–Trinajstić information content (AvgIpc) is 2.10. The standard InChI is InChI=1S/C8H9F2NO2S/c1-2-14(12,13)11-8-4-3-6(9)5-7(8)10/h3-5,11H,2H2,1H3. The Bertz CT molecular complexity index is 431. The van der Waals surface area contributed by atoms with Crippen LogP contribution >= 0.6 is 0 Å². The van der Waals surface area contributed by atoms with Crippen LogP contribution in [0.15, 0.2) is 18.2 Å². The predicted octanol–water partition coefficient (Wildman–Crippen LogP) is 1.73. The SMILES string of the molecule is CCS(=O)(=O)Nc1ccc(F)cc1F. The maximum atomic E-state index is 13.0. The topological polar surface area (TPSA) is 46.2 Å². The second-order valence-corrected chi connectivity index (χ2v) is 4.64. The van der Waals surface area contributed by atoms with E-state index in [0.717, 1.165) is 12.1 Å². The highest BCUT2D eigenvalue weighted by molar-refractivity contribution is 7.92. The highest BCUT2D eigenvalue weighted by Crippen LogP contribution is 2.16. The smallest absolute Gasteiger partial charge is 0.232 e. The van der Waals surface area contributed by atoms with E-state index in [9.17, 15) is 17.2 Å². The molecule has 0 spiro atoms. The Kier molecular flexibility index (Phi) is 3.05. The summed E-state index contributed by atoms with van der Waals surface area (Å²) in [7, 11) is -3.52. The number of halogens is 2. The first-order chi connectivity index (χ1) is 6.44. The first kappa shape index (κ1) is 10.9. The summed E-state index contributed by atoms with van der Waals surface area (Å²) in [5.41, 5.74) is -0.242. The molecule has 6 heteroatoms. The molecule has 0 saturated heterocycles. The quantitative estimate of drug-likeness (QED) is 0.844. The van der Waals surface area contributed by atoms with Gasteiger partial charge < -0.3 is 0 Å². The first-order valence-corrected chi connectivity index (χ1v) is 5.55. The minimum absolute atomic E-state index is 0.163. The lowest BCUT2D eigenvalue weighted by atomic mass is 10.3. The van der Waals surface area contributed by atoms with Crippen LogP contribution in [0.5, 0.6) is 0 Å². The molecule has 1 rings (SSSR count). The largest absolute Gasteiger partial charge is 0.281 e. The fraction of sp³-hybridized carbons (Fsp3) is 0.250. The number of nitrogens with one attached hydrogen (secondary N) is 1. The van der Waals surface area contributed by atoms with Crippen molar-refractivity contribution in [3.63, 3.8) is 0 Å². The van der Waals surface area contributed by atoms with Gasteiger partial charge in [0.15, 0.2) is 0 Å². The van der Waals surface area contributed by atoms with Crippen LogP contribution in [0.2, 0.25) is 0 Å². The van der Waals surface area contributed by atoms with Gasteiger partial charge in [-0.3, -0.25) is 4.72 Å². The number of benzene rings is 1. The Balaban J connectivity index is 2.99. The van der Waals surface area contributed by atoms with E-state index in [1.54, 1.807) is 0 Å². The van der Waals surface area contributed by atoms with Crippen LogP contribution in [-0.2, 0) is 10.0 Å². The van der Waals surface area contributed by atoms with Gasteiger partial charge in [0.25, 0.3) is 0 Å². The zero-order valence-corrected chi connectivity index (χ0v) is 8.24. The normalized spacial score (nSPS) is 11.4. The third-order valence-electron chi connectivity index (χ3n) is 1.58. The lowest BCUT2D eigenvalue weighted by molar-refractivity contribution is 0.583. The number of hydrogen-bond donors (Lipinski definition) is 1. The van der Waals surface area contributed by atoms with Crippen LogP contribution in [0.25, 0.3) is 0 Å². The molecule has 0 amide bonds. The van der Waals surface area contributed by atoms with Crippen molar-refractivity contribution in [2.45, 2.75) is 6.92 Å². The molecule has 0 bridgehead atoms. The Morgan fingerprint density at radius 2 is 2.00 bits per heavy atom. The van der Waals surface area contributed by atoms with Crippen molar-refractivity contribution < 1.29 is 17.2 Å². The molecule has 14 heavy (non-hydrogen) atoms. The van der Waals surface area contributed by atoms with E-state index >= 15 is 0 Å². The van der Waals surface area contributed by atoms with Gasteiger partial charge in [-0.05, 0) is 19.1 Å². The van der Waals surface area contributed by atoms with Crippen molar-refractivity contribution in [3.05, 3.63) is 29.8 Å². The predicted molar refractivity (Wildman–Crippen MR) is 49.4 cm³/mol. The van der Waals surface area contributed by atoms with Crippen LogP contribution < -0.4 is 4.72 Å². The molecule has 0 aliphatic rings. The summed E-state index contributed by atoms with van der Waals surface area (Å²) in [5, 5.41) is 0. The summed E-state index contributed by atoms with van der Waals surface area (Å²) < 4.78 is 49.5. The second-order valence-electron chi connectivity index (χ2n) is 2.63. The second kappa shape index (κ2) is 3.91. The third-order valence-corrected chi connectivity index (χ3v) is 2.87. The fourth-order valence-electron chi connectivity index (χ4n) is 0.812. The molecule has 0 aliphatic carbocycles. The van der Waals surface area contributed by atoms with Gasteiger partial charge >= 0.3 is 0 Å². The third kappa shape index (κ3) is 2.66. The van der Waals surface area contributed by atoms with Crippen molar-refractivity contribution in [3.8, 4) is 0 Å². The maximum absolute atomic E-state index is 13.0. The molecule has 0 unspecified atom stereocenters. The Hall–Kier alpha value is -1.17. The summed E-state index contributed by atoms with van der Waals surface area (Å²) in [6, 6.07) is 2.64. The minimum Gasteiger partial charge on any atom is -0.281 e. The lowest BCUT2D eigenvalue weighted by Crippen LogP contribution is -2.15. The Morgan fingerprint density at radius 1 is 1.36 bits per heavy atom. The molecule has 0 saturated carbocycles. The molecule has 1 N–H and O–H groups in total. The van der Waals surface area contributed by atoms with Gasteiger partial charge in [-0.1, -0.05) is 0 Å². The van der Waals surface area contributed by atoms with E-state index in [2.05, 4.69) is 0 Å². The van der Waals surface area contributed by atoms with Gasteiger partial charge in [-0.25, -0.2) is 17.2 Å². The van der Waals surface area contributed by atoms with Gasteiger partial charge in [-0.15, -0.1) is 0 Å². The molecule has 0 radical (unpaired) electrons. The molecular weight excluding hydrogens is 212 g/mol. The summed E-state index contributed by atoms with van der Waals surface area (Å²) >= 11 is 0. The number of rotatable bonds is 3. The molecule has 0 heterocycles. The van der Waals surface area contributed by atoms with Crippen LogP contribution in [0, 0.1) is 11.6 Å². The summed E-state index contributed by atoms with van der Waals surface area (Å²) in [4.78, 5) is 0. The number of hydrogen-bond acceptors (Lipinski definition) is 2. The zero-order chi connectivity index (χ0) is 10.8. The highest BCUT2D eigenvalue weighted by atomic mass is 32.2. The molecule has 1 aromatic rings. The van der Waals surface area contributed by atoms with Crippen LogP contribution in [-0.4, -0.2) is 14.2 Å². The van der Waals surface area contributed by atoms with Crippen LogP contribution in [0.3, 0.4) is 0 Å². The summed E-state index contributed by atoms with van der Waals surface area (Å²) in [6.45, 7) is 1.42. The molecule has 0 aromatic heterocycles. The Labute approximate surface area is 80.8 Å². The van der Waals surface area contributed by atoms with E-state index in [1.165, 1.54) is 6.92 Å². The monoisotopic (exact) mass is 221 g/mol.